The summed E-state index contributed by atoms with van der Waals surface area (Å²) in [6.45, 7) is 0. The van der Waals surface area contributed by atoms with Gasteiger partial charge in [0.05, 0.1) is 10.2 Å². The SMILES string of the molecule is Nc1ccc(-c2nc3ccncc3s2)cc1. The zero-order valence-electron chi connectivity index (χ0n) is 8.42. The van der Waals surface area contributed by atoms with Crippen molar-refractivity contribution < 1.29 is 0 Å². The van der Waals surface area contributed by atoms with E-state index < -0.39 is 0 Å². The Hall–Kier alpha value is -1.94. The van der Waals surface area contributed by atoms with E-state index in [1.165, 1.54) is 0 Å². The van der Waals surface area contributed by atoms with E-state index >= 15 is 0 Å². The average Bonchev–Trinajstić information content (AvgIpc) is 2.73. The molecule has 0 atom stereocenters. The molecule has 78 valence electrons. The predicted molar refractivity (Wildman–Crippen MR) is 67.3 cm³/mol. The number of hydrogen-bond acceptors (Lipinski definition) is 4. The smallest absolute Gasteiger partial charge is 0.124 e. The first kappa shape index (κ1) is 9.30. The first-order valence-electron chi connectivity index (χ1n) is 4.89. The molecule has 0 fully saturated rings. The van der Waals surface area contributed by atoms with E-state index in [-0.39, 0.29) is 0 Å². The van der Waals surface area contributed by atoms with Crippen molar-refractivity contribution in [2.75, 3.05) is 5.73 Å². The molecule has 4 heteroatoms. The van der Waals surface area contributed by atoms with Gasteiger partial charge in [-0.1, -0.05) is 0 Å². The number of nitrogens with two attached hydrogens (primary N) is 1. The normalized spacial score (nSPS) is 10.8. The van der Waals surface area contributed by atoms with Gasteiger partial charge in [-0.15, -0.1) is 11.3 Å². The number of nitrogens with zero attached hydrogens (tertiary/aromatic N) is 2. The van der Waals surface area contributed by atoms with Gasteiger partial charge in [-0.05, 0) is 30.3 Å². The molecule has 0 bridgehead atoms. The van der Waals surface area contributed by atoms with Crippen molar-refractivity contribution in [3.63, 3.8) is 0 Å². The maximum atomic E-state index is 5.65. The number of thiazole rings is 1. The van der Waals surface area contributed by atoms with Crippen LogP contribution >= 0.6 is 11.3 Å². The quantitative estimate of drug-likeness (QED) is 0.650. The number of pyridine rings is 1. The minimum absolute atomic E-state index is 0.770. The summed E-state index contributed by atoms with van der Waals surface area (Å²) in [6.07, 6.45) is 3.60. The van der Waals surface area contributed by atoms with Gasteiger partial charge in [0.15, 0.2) is 0 Å². The molecule has 0 radical (unpaired) electrons. The molecule has 0 aliphatic rings. The lowest BCUT2D eigenvalue weighted by Crippen LogP contribution is -1.83. The molecule has 0 saturated carbocycles. The van der Waals surface area contributed by atoms with Gasteiger partial charge in [-0.3, -0.25) is 4.98 Å². The van der Waals surface area contributed by atoms with Crippen molar-refractivity contribution in [2.45, 2.75) is 0 Å². The van der Waals surface area contributed by atoms with Crippen LogP contribution in [0, 0.1) is 0 Å². The van der Waals surface area contributed by atoms with E-state index in [1.54, 1.807) is 17.5 Å². The number of fused-ring (bicyclic) bond motifs is 1. The van der Waals surface area contributed by atoms with Crippen molar-refractivity contribution in [2.24, 2.45) is 0 Å². The Morgan fingerprint density at radius 2 is 1.88 bits per heavy atom. The lowest BCUT2D eigenvalue weighted by molar-refractivity contribution is 1.36. The van der Waals surface area contributed by atoms with Crippen LogP contribution in [0.2, 0.25) is 0 Å². The topological polar surface area (TPSA) is 51.8 Å². The van der Waals surface area contributed by atoms with Crippen LogP contribution in [0.3, 0.4) is 0 Å². The maximum Gasteiger partial charge on any atom is 0.124 e. The van der Waals surface area contributed by atoms with Crippen molar-refractivity contribution in [1.29, 1.82) is 0 Å². The molecule has 2 N–H and O–H groups in total. The van der Waals surface area contributed by atoms with Crippen LogP contribution in [0.15, 0.2) is 42.7 Å². The van der Waals surface area contributed by atoms with Crippen molar-refractivity contribution in [3.05, 3.63) is 42.7 Å². The first-order valence-corrected chi connectivity index (χ1v) is 5.71. The highest BCUT2D eigenvalue weighted by Crippen LogP contribution is 2.29. The first-order chi connectivity index (χ1) is 7.83. The molecule has 0 aliphatic carbocycles. The van der Waals surface area contributed by atoms with Crippen LogP contribution in [0.4, 0.5) is 5.69 Å². The molecule has 3 nitrogen and oxygen atoms in total. The average molecular weight is 227 g/mol. The van der Waals surface area contributed by atoms with Gasteiger partial charge < -0.3 is 5.73 Å². The van der Waals surface area contributed by atoms with Gasteiger partial charge >= 0.3 is 0 Å². The van der Waals surface area contributed by atoms with Crippen LogP contribution in [-0.4, -0.2) is 9.97 Å². The highest BCUT2D eigenvalue weighted by atomic mass is 32.1. The fourth-order valence-electron chi connectivity index (χ4n) is 1.53. The largest absolute Gasteiger partial charge is 0.399 e. The molecule has 2 aromatic heterocycles. The third-order valence-electron chi connectivity index (χ3n) is 2.35. The summed E-state index contributed by atoms with van der Waals surface area (Å²) in [5.74, 6) is 0. The number of hydrogen-bond donors (Lipinski definition) is 1. The highest BCUT2D eigenvalue weighted by Gasteiger charge is 2.05. The zero-order chi connectivity index (χ0) is 11.0. The van der Waals surface area contributed by atoms with E-state index in [1.807, 2.05) is 36.5 Å². The number of nitrogen functional groups attached to an aromatic ring is 1. The Bertz CT molecular complexity index is 595. The van der Waals surface area contributed by atoms with Crippen LogP contribution < -0.4 is 5.73 Å². The molecule has 1 aromatic carbocycles. The molecule has 2 heterocycles. The van der Waals surface area contributed by atoms with Gasteiger partial charge in [0, 0.05) is 23.6 Å². The summed E-state index contributed by atoms with van der Waals surface area (Å²) in [5, 5.41) is 1.00. The lowest BCUT2D eigenvalue weighted by atomic mass is 10.2. The number of rotatable bonds is 1. The number of anilines is 1. The van der Waals surface area contributed by atoms with E-state index in [0.717, 1.165) is 26.5 Å². The summed E-state index contributed by atoms with van der Waals surface area (Å²) in [5.41, 5.74) is 8.51. The summed E-state index contributed by atoms with van der Waals surface area (Å²) >= 11 is 1.64. The van der Waals surface area contributed by atoms with E-state index in [2.05, 4.69) is 9.97 Å². The summed E-state index contributed by atoms with van der Waals surface area (Å²) < 4.78 is 1.11. The molecule has 0 aliphatic heterocycles. The lowest BCUT2D eigenvalue weighted by Gasteiger charge is -1.95. The van der Waals surface area contributed by atoms with Gasteiger partial charge in [0.25, 0.3) is 0 Å². The molecule has 0 amide bonds. The van der Waals surface area contributed by atoms with Crippen molar-refractivity contribution in [1.82, 2.24) is 9.97 Å². The minimum Gasteiger partial charge on any atom is -0.399 e. The molecule has 16 heavy (non-hydrogen) atoms. The van der Waals surface area contributed by atoms with Crippen LogP contribution in [0.25, 0.3) is 20.8 Å². The third-order valence-corrected chi connectivity index (χ3v) is 3.40. The van der Waals surface area contributed by atoms with Crippen LogP contribution in [0.1, 0.15) is 0 Å². The van der Waals surface area contributed by atoms with Crippen molar-refractivity contribution in [3.8, 4) is 10.6 Å². The van der Waals surface area contributed by atoms with Gasteiger partial charge in [0.1, 0.15) is 5.01 Å². The Morgan fingerprint density at radius 3 is 2.62 bits per heavy atom. The van der Waals surface area contributed by atoms with Crippen LogP contribution in [0.5, 0.6) is 0 Å². The summed E-state index contributed by atoms with van der Waals surface area (Å²) in [4.78, 5) is 8.63. The molecule has 3 aromatic rings. The second-order valence-corrected chi connectivity index (χ2v) is 4.52. The molecule has 0 spiro atoms. The zero-order valence-corrected chi connectivity index (χ0v) is 9.24. The molecule has 0 saturated heterocycles. The van der Waals surface area contributed by atoms with E-state index in [0.29, 0.717) is 0 Å². The van der Waals surface area contributed by atoms with Gasteiger partial charge in [-0.25, -0.2) is 4.98 Å². The standard InChI is InChI=1S/C12H9N3S/c13-9-3-1-8(2-4-9)12-15-10-5-6-14-7-11(10)16-12/h1-7H,13H2. The Morgan fingerprint density at radius 1 is 1.06 bits per heavy atom. The monoisotopic (exact) mass is 227 g/mol. The Balaban J connectivity index is 2.15. The van der Waals surface area contributed by atoms with E-state index in [9.17, 15) is 0 Å². The highest BCUT2D eigenvalue weighted by molar-refractivity contribution is 7.21. The van der Waals surface area contributed by atoms with E-state index in [4.69, 9.17) is 5.73 Å². The summed E-state index contributed by atoms with van der Waals surface area (Å²) in [6, 6.07) is 9.67. The van der Waals surface area contributed by atoms with Crippen LogP contribution in [-0.2, 0) is 0 Å². The summed E-state index contributed by atoms with van der Waals surface area (Å²) in [7, 11) is 0. The third kappa shape index (κ3) is 1.53. The second kappa shape index (κ2) is 3.57. The predicted octanol–water partition coefficient (Wildman–Crippen LogP) is 2.94. The minimum atomic E-state index is 0.770. The fraction of sp³-hybridized carbons (Fsp3) is 0. The second-order valence-electron chi connectivity index (χ2n) is 3.48. The molecule has 3 rings (SSSR count). The van der Waals surface area contributed by atoms with Crippen molar-refractivity contribution >= 4 is 27.2 Å². The molecule has 0 unspecified atom stereocenters. The Labute approximate surface area is 96.6 Å². The van der Waals surface area contributed by atoms with Gasteiger partial charge in [-0.2, -0.15) is 0 Å². The molecular formula is C12H9N3S. The maximum absolute atomic E-state index is 5.65. The fourth-order valence-corrected chi connectivity index (χ4v) is 2.47. The number of aromatic nitrogens is 2. The van der Waals surface area contributed by atoms with Gasteiger partial charge in [0.2, 0.25) is 0 Å². The Kier molecular flexibility index (Phi) is 2.08. The molecular weight excluding hydrogens is 218 g/mol. The number of benzene rings is 1.